The Morgan fingerprint density at radius 3 is 1.82 bits per heavy atom. The molecule has 0 aliphatic heterocycles. The minimum atomic E-state index is -0.559. The van der Waals surface area contributed by atoms with Crippen molar-refractivity contribution in [1.29, 1.82) is 0 Å². The summed E-state index contributed by atoms with van der Waals surface area (Å²) in [6, 6.07) is 57.6. The summed E-state index contributed by atoms with van der Waals surface area (Å²) in [5.74, 6) is 2.75. The molecule has 2 aliphatic rings. The molecule has 2 aromatic heterocycles. The molecule has 0 fully saturated rings. The number of rotatable bonds is 3. The minimum Gasteiger partial charge on any atom is -0.456 e. The van der Waals surface area contributed by atoms with Gasteiger partial charge in [-0.15, -0.1) is 0 Å². The highest BCUT2D eigenvalue weighted by atomic mass is 16.3. The lowest BCUT2D eigenvalue weighted by Crippen LogP contribution is -2.25. The van der Waals surface area contributed by atoms with Gasteiger partial charge in [-0.05, 0) is 50.7 Å². The van der Waals surface area contributed by atoms with E-state index in [0.29, 0.717) is 17.5 Å². The molecular weight excluding hydrogens is 611 g/mol. The number of para-hydroxylation sites is 1. The lowest BCUT2D eigenvalue weighted by atomic mass is 9.70. The Hall–Kier alpha value is -6.65. The van der Waals surface area contributed by atoms with E-state index in [0.717, 1.165) is 44.4 Å². The molecular formula is C46H27N3O. The quantitative estimate of drug-likeness (QED) is 0.193. The van der Waals surface area contributed by atoms with Crippen LogP contribution in [0.3, 0.4) is 0 Å². The lowest BCUT2D eigenvalue weighted by Gasteiger charge is -2.30. The van der Waals surface area contributed by atoms with Crippen molar-refractivity contribution in [3.63, 3.8) is 0 Å². The summed E-state index contributed by atoms with van der Waals surface area (Å²) in [6.07, 6.45) is 0. The van der Waals surface area contributed by atoms with Gasteiger partial charge >= 0.3 is 0 Å². The van der Waals surface area contributed by atoms with Gasteiger partial charge < -0.3 is 4.42 Å². The predicted octanol–water partition coefficient (Wildman–Crippen LogP) is 11.1. The molecule has 232 valence electrons. The molecule has 9 aromatic rings. The van der Waals surface area contributed by atoms with Crippen LogP contribution in [-0.2, 0) is 5.41 Å². The van der Waals surface area contributed by atoms with E-state index in [1.165, 1.54) is 38.8 Å². The maximum atomic E-state index is 6.92. The highest BCUT2D eigenvalue weighted by Gasteiger charge is 2.55. The maximum absolute atomic E-state index is 6.92. The van der Waals surface area contributed by atoms with Crippen LogP contribution in [0.2, 0.25) is 0 Å². The fourth-order valence-electron chi connectivity index (χ4n) is 8.49. The number of furan rings is 1. The van der Waals surface area contributed by atoms with E-state index in [9.17, 15) is 0 Å². The second kappa shape index (κ2) is 10.2. The molecule has 0 saturated heterocycles. The molecule has 4 nitrogen and oxygen atoms in total. The first-order valence-corrected chi connectivity index (χ1v) is 17.0. The first-order valence-electron chi connectivity index (χ1n) is 17.0. The van der Waals surface area contributed by atoms with Gasteiger partial charge in [-0.2, -0.15) is 0 Å². The van der Waals surface area contributed by atoms with Gasteiger partial charge in [0.1, 0.15) is 11.3 Å². The smallest absolute Gasteiger partial charge is 0.164 e. The van der Waals surface area contributed by atoms with Gasteiger partial charge in [0.05, 0.1) is 5.41 Å². The normalized spacial score (nSPS) is 13.4. The second-order valence-electron chi connectivity index (χ2n) is 13.1. The molecule has 1 spiro atoms. The first-order chi connectivity index (χ1) is 24.8. The van der Waals surface area contributed by atoms with Crippen molar-refractivity contribution in [2.45, 2.75) is 5.41 Å². The molecule has 2 heterocycles. The summed E-state index contributed by atoms with van der Waals surface area (Å²) >= 11 is 0. The molecule has 0 amide bonds. The summed E-state index contributed by atoms with van der Waals surface area (Å²) < 4.78 is 6.92. The van der Waals surface area contributed by atoms with E-state index in [-0.39, 0.29) is 0 Å². The summed E-state index contributed by atoms with van der Waals surface area (Å²) in [5, 5.41) is 3.43. The number of hydrogen-bond donors (Lipinski definition) is 0. The zero-order chi connectivity index (χ0) is 32.8. The molecule has 50 heavy (non-hydrogen) atoms. The molecule has 0 saturated carbocycles. The van der Waals surface area contributed by atoms with Crippen molar-refractivity contribution in [2.75, 3.05) is 0 Å². The summed E-state index contributed by atoms with van der Waals surface area (Å²) in [4.78, 5) is 15.5. The average Bonchev–Trinajstić information content (AvgIpc) is 3.81. The van der Waals surface area contributed by atoms with Gasteiger partial charge in [-0.1, -0.05) is 152 Å². The van der Waals surface area contributed by atoms with Crippen LogP contribution in [0.15, 0.2) is 168 Å². The molecule has 0 radical (unpaired) electrons. The van der Waals surface area contributed by atoms with Gasteiger partial charge in [0.15, 0.2) is 17.5 Å². The Labute approximate surface area is 288 Å². The average molecular weight is 638 g/mol. The Morgan fingerprint density at radius 2 is 1.02 bits per heavy atom. The van der Waals surface area contributed by atoms with E-state index >= 15 is 0 Å². The van der Waals surface area contributed by atoms with E-state index in [2.05, 4.69) is 140 Å². The molecule has 11 rings (SSSR count). The summed E-state index contributed by atoms with van der Waals surface area (Å²) in [7, 11) is 0. The molecule has 4 heteroatoms. The molecule has 0 bridgehead atoms. The van der Waals surface area contributed by atoms with Crippen LogP contribution in [0.5, 0.6) is 0 Å². The standard InChI is InChI=1S/C46H27N3O/c1-2-14-29(15-3-1)43-47-44(31-26-25-28-13-4-5-16-30(28)27-31)49-45(48-43)35-20-12-23-38-40(35)42-41(34-19-8-11-24-39(34)50-42)46(38)36-21-9-6-17-32(36)33-18-7-10-22-37(33)46/h1-27H. The monoisotopic (exact) mass is 637 g/mol. The molecule has 0 N–H and O–H groups in total. The third-order valence-corrected chi connectivity index (χ3v) is 10.5. The van der Waals surface area contributed by atoms with Crippen molar-refractivity contribution in [3.05, 3.63) is 186 Å². The minimum absolute atomic E-state index is 0.559. The Kier molecular flexibility index (Phi) is 5.56. The number of fused-ring (bicyclic) bond motifs is 13. The Morgan fingerprint density at radius 1 is 0.420 bits per heavy atom. The van der Waals surface area contributed by atoms with Crippen molar-refractivity contribution in [1.82, 2.24) is 15.0 Å². The van der Waals surface area contributed by atoms with Gasteiger partial charge in [0, 0.05) is 33.2 Å². The van der Waals surface area contributed by atoms with Gasteiger partial charge in [-0.25, -0.2) is 15.0 Å². The molecule has 0 unspecified atom stereocenters. The van der Waals surface area contributed by atoms with Crippen LogP contribution in [-0.4, -0.2) is 15.0 Å². The van der Waals surface area contributed by atoms with Gasteiger partial charge in [0.25, 0.3) is 0 Å². The van der Waals surface area contributed by atoms with Gasteiger partial charge in [-0.3, -0.25) is 0 Å². The Balaban J connectivity index is 1.24. The van der Waals surface area contributed by atoms with Crippen LogP contribution < -0.4 is 0 Å². The topological polar surface area (TPSA) is 51.8 Å². The van der Waals surface area contributed by atoms with E-state index < -0.39 is 5.41 Å². The van der Waals surface area contributed by atoms with Gasteiger partial charge in [0.2, 0.25) is 0 Å². The number of hydrogen-bond acceptors (Lipinski definition) is 4. The van der Waals surface area contributed by atoms with Crippen LogP contribution in [0.25, 0.3) is 78.4 Å². The summed E-state index contributed by atoms with van der Waals surface area (Å²) in [6.45, 7) is 0. The predicted molar refractivity (Wildman–Crippen MR) is 200 cm³/mol. The molecule has 0 atom stereocenters. The fourth-order valence-corrected chi connectivity index (χ4v) is 8.49. The van der Waals surface area contributed by atoms with Crippen molar-refractivity contribution < 1.29 is 4.42 Å². The lowest BCUT2D eigenvalue weighted by molar-refractivity contribution is 0.628. The van der Waals surface area contributed by atoms with Crippen molar-refractivity contribution >= 4 is 21.7 Å². The molecule has 7 aromatic carbocycles. The highest BCUT2D eigenvalue weighted by molar-refractivity contribution is 6.04. The van der Waals surface area contributed by atoms with E-state index in [1.54, 1.807) is 0 Å². The maximum Gasteiger partial charge on any atom is 0.164 e. The summed E-state index contributed by atoms with van der Waals surface area (Å²) in [5.41, 5.74) is 11.5. The van der Waals surface area contributed by atoms with E-state index in [1.807, 2.05) is 24.3 Å². The van der Waals surface area contributed by atoms with Crippen LogP contribution >= 0.6 is 0 Å². The van der Waals surface area contributed by atoms with Crippen LogP contribution in [0.1, 0.15) is 22.3 Å². The molecule has 2 aliphatic carbocycles. The van der Waals surface area contributed by atoms with Crippen molar-refractivity contribution in [3.8, 4) is 56.6 Å². The second-order valence-corrected chi connectivity index (χ2v) is 13.1. The number of benzene rings is 7. The third-order valence-electron chi connectivity index (χ3n) is 10.5. The number of aromatic nitrogens is 3. The zero-order valence-electron chi connectivity index (χ0n) is 26.8. The zero-order valence-corrected chi connectivity index (χ0v) is 26.8. The fraction of sp³-hybridized carbons (Fsp3) is 0.0217. The van der Waals surface area contributed by atoms with E-state index in [4.69, 9.17) is 19.4 Å². The third kappa shape index (κ3) is 3.62. The first kappa shape index (κ1) is 27.3. The highest BCUT2D eigenvalue weighted by Crippen LogP contribution is 2.65. The van der Waals surface area contributed by atoms with Crippen LogP contribution in [0.4, 0.5) is 0 Å². The SMILES string of the molecule is c1ccc(-c2nc(-c3ccc4ccccc4c3)nc(-c3cccc4c3-c3oc5ccccc5c3C43c4ccccc4-c4ccccc43)n2)cc1. The largest absolute Gasteiger partial charge is 0.456 e. The Bertz CT molecular complexity index is 2790. The number of nitrogens with zero attached hydrogens (tertiary/aromatic N) is 3. The van der Waals surface area contributed by atoms with Crippen molar-refractivity contribution in [2.24, 2.45) is 0 Å². The van der Waals surface area contributed by atoms with Crippen LogP contribution in [0, 0.1) is 0 Å².